The third kappa shape index (κ3) is 6.33. The standard InChI is InChI=1S/C24H20N4O6/c1-15-4-3-5-18(12-15)24(31)34-22-11-10-21(28(32)33)13-19(22)14-25-27-23(30)17-6-8-20(9-7-17)26-16(2)29/h3-14H,1-2H3,(H,26,29)(H,27,30)/b25-14+. The van der Waals surface area contributed by atoms with Gasteiger partial charge in [-0.05, 0) is 49.4 Å². The summed E-state index contributed by atoms with van der Waals surface area (Å²) in [5.41, 5.74) is 4.18. The van der Waals surface area contributed by atoms with Crippen LogP contribution in [0.3, 0.4) is 0 Å². The average Bonchev–Trinajstić information content (AvgIpc) is 2.80. The molecule has 0 radical (unpaired) electrons. The van der Waals surface area contributed by atoms with Crippen LogP contribution >= 0.6 is 0 Å². The first kappa shape index (κ1) is 23.8. The van der Waals surface area contributed by atoms with Gasteiger partial charge in [-0.3, -0.25) is 19.7 Å². The number of hydrogen-bond acceptors (Lipinski definition) is 7. The van der Waals surface area contributed by atoms with Crippen LogP contribution in [-0.2, 0) is 4.79 Å². The molecule has 3 aromatic carbocycles. The topological polar surface area (TPSA) is 140 Å². The second-order valence-corrected chi connectivity index (χ2v) is 7.20. The molecule has 2 N–H and O–H groups in total. The Morgan fingerprint density at radius 2 is 1.74 bits per heavy atom. The van der Waals surface area contributed by atoms with Crippen LogP contribution in [-0.4, -0.2) is 28.9 Å². The summed E-state index contributed by atoms with van der Waals surface area (Å²) in [5, 5.41) is 17.6. The molecule has 3 aromatic rings. The van der Waals surface area contributed by atoms with Crippen LogP contribution < -0.4 is 15.5 Å². The van der Waals surface area contributed by atoms with Gasteiger partial charge in [0.2, 0.25) is 5.91 Å². The Morgan fingerprint density at radius 3 is 2.38 bits per heavy atom. The van der Waals surface area contributed by atoms with E-state index >= 15 is 0 Å². The number of amides is 2. The second kappa shape index (κ2) is 10.6. The summed E-state index contributed by atoms with van der Waals surface area (Å²) in [6, 6.07) is 16.6. The maximum atomic E-state index is 12.5. The minimum absolute atomic E-state index is 0.0368. The first-order valence-electron chi connectivity index (χ1n) is 10.0. The van der Waals surface area contributed by atoms with Crippen LogP contribution in [0.2, 0.25) is 0 Å². The van der Waals surface area contributed by atoms with Gasteiger partial charge in [-0.25, -0.2) is 10.2 Å². The first-order chi connectivity index (χ1) is 16.2. The number of anilines is 1. The molecule has 34 heavy (non-hydrogen) atoms. The number of nitrogens with one attached hydrogen (secondary N) is 2. The summed E-state index contributed by atoms with van der Waals surface area (Å²) in [4.78, 5) is 46.5. The van der Waals surface area contributed by atoms with Crippen molar-refractivity contribution in [3.05, 3.63) is 99.1 Å². The summed E-state index contributed by atoms with van der Waals surface area (Å²) < 4.78 is 5.41. The number of esters is 1. The van der Waals surface area contributed by atoms with Gasteiger partial charge < -0.3 is 10.1 Å². The zero-order chi connectivity index (χ0) is 24.7. The maximum absolute atomic E-state index is 12.5. The van der Waals surface area contributed by atoms with Gasteiger partial charge in [0.15, 0.2) is 0 Å². The lowest BCUT2D eigenvalue weighted by molar-refractivity contribution is -0.384. The molecule has 10 nitrogen and oxygen atoms in total. The molecule has 0 heterocycles. The monoisotopic (exact) mass is 460 g/mol. The fourth-order valence-corrected chi connectivity index (χ4v) is 2.91. The number of benzene rings is 3. The third-order valence-electron chi connectivity index (χ3n) is 4.50. The van der Waals surface area contributed by atoms with Gasteiger partial charge in [-0.15, -0.1) is 0 Å². The van der Waals surface area contributed by atoms with Gasteiger partial charge in [-0.1, -0.05) is 17.7 Å². The Balaban J connectivity index is 1.77. The highest BCUT2D eigenvalue weighted by Crippen LogP contribution is 2.24. The van der Waals surface area contributed by atoms with Crippen LogP contribution in [0.25, 0.3) is 0 Å². The van der Waals surface area contributed by atoms with Crippen molar-refractivity contribution in [3.8, 4) is 5.75 Å². The molecule has 0 unspecified atom stereocenters. The van der Waals surface area contributed by atoms with Crippen LogP contribution in [0.4, 0.5) is 11.4 Å². The van der Waals surface area contributed by atoms with E-state index in [1.165, 1.54) is 37.3 Å². The highest BCUT2D eigenvalue weighted by molar-refractivity contribution is 5.97. The molecule has 0 aliphatic rings. The minimum Gasteiger partial charge on any atom is -0.422 e. The van der Waals surface area contributed by atoms with Gasteiger partial charge in [0.25, 0.3) is 11.6 Å². The Hall–Kier alpha value is -4.86. The second-order valence-electron chi connectivity index (χ2n) is 7.20. The lowest BCUT2D eigenvalue weighted by Crippen LogP contribution is -2.18. The molecule has 3 rings (SSSR count). The molecule has 2 amide bonds. The van der Waals surface area contributed by atoms with E-state index in [0.717, 1.165) is 11.8 Å². The fraction of sp³-hybridized carbons (Fsp3) is 0.0833. The van der Waals surface area contributed by atoms with E-state index in [9.17, 15) is 24.5 Å². The number of nitrogens with zero attached hydrogens (tertiary/aromatic N) is 2. The van der Waals surface area contributed by atoms with Gasteiger partial charge in [-0.2, -0.15) is 5.10 Å². The van der Waals surface area contributed by atoms with Crippen molar-refractivity contribution in [2.24, 2.45) is 5.10 Å². The van der Waals surface area contributed by atoms with Crippen molar-refractivity contribution >= 4 is 35.4 Å². The molecule has 0 aliphatic carbocycles. The number of carbonyl (C=O) groups is 3. The Bertz CT molecular complexity index is 1280. The van der Waals surface area contributed by atoms with Gasteiger partial charge >= 0.3 is 5.97 Å². The van der Waals surface area contributed by atoms with Crippen LogP contribution in [0.1, 0.15) is 38.8 Å². The summed E-state index contributed by atoms with van der Waals surface area (Å²) in [6.45, 7) is 3.20. The molecule has 0 aromatic heterocycles. The summed E-state index contributed by atoms with van der Waals surface area (Å²) in [7, 11) is 0. The van der Waals surface area contributed by atoms with Gasteiger partial charge in [0, 0.05) is 35.9 Å². The van der Waals surface area contributed by atoms with Crippen LogP contribution in [0.15, 0.2) is 71.8 Å². The van der Waals surface area contributed by atoms with E-state index in [4.69, 9.17) is 4.74 Å². The Morgan fingerprint density at radius 1 is 1.00 bits per heavy atom. The predicted octanol–water partition coefficient (Wildman–Crippen LogP) is 3.84. The molecule has 0 bridgehead atoms. The normalized spacial score (nSPS) is 10.5. The fourth-order valence-electron chi connectivity index (χ4n) is 2.91. The average molecular weight is 460 g/mol. The largest absolute Gasteiger partial charge is 0.422 e. The lowest BCUT2D eigenvalue weighted by Gasteiger charge is -2.08. The molecular formula is C24H20N4O6. The number of nitro groups is 1. The van der Waals surface area contributed by atoms with Crippen molar-refractivity contribution < 1.29 is 24.0 Å². The predicted molar refractivity (Wildman–Crippen MR) is 125 cm³/mol. The molecule has 0 atom stereocenters. The number of hydrazone groups is 1. The molecule has 0 aliphatic heterocycles. The summed E-state index contributed by atoms with van der Waals surface area (Å²) >= 11 is 0. The Labute approximate surface area is 194 Å². The Kier molecular flexibility index (Phi) is 7.45. The number of non-ortho nitro benzene ring substituents is 1. The van der Waals surface area contributed by atoms with E-state index in [2.05, 4.69) is 15.8 Å². The number of ether oxygens (including phenoxy) is 1. The highest BCUT2D eigenvalue weighted by atomic mass is 16.6. The van der Waals surface area contributed by atoms with Crippen molar-refractivity contribution in [2.75, 3.05) is 5.32 Å². The van der Waals surface area contributed by atoms with Gasteiger partial charge in [0.05, 0.1) is 16.7 Å². The van der Waals surface area contributed by atoms with Crippen molar-refractivity contribution in [1.82, 2.24) is 5.43 Å². The quantitative estimate of drug-likeness (QED) is 0.180. The van der Waals surface area contributed by atoms with E-state index in [-0.39, 0.29) is 28.5 Å². The van der Waals surface area contributed by atoms with Crippen molar-refractivity contribution in [3.63, 3.8) is 0 Å². The molecular weight excluding hydrogens is 440 g/mol. The maximum Gasteiger partial charge on any atom is 0.343 e. The van der Waals surface area contributed by atoms with Crippen LogP contribution in [0, 0.1) is 17.0 Å². The smallest absolute Gasteiger partial charge is 0.343 e. The van der Waals surface area contributed by atoms with E-state index in [0.29, 0.717) is 11.3 Å². The molecule has 0 fully saturated rings. The zero-order valence-corrected chi connectivity index (χ0v) is 18.3. The molecule has 0 saturated heterocycles. The molecule has 10 heteroatoms. The number of aryl methyl sites for hydroxylation is 1. The van der Waals surface area contributed by atoms with E-state index in [1.54, 1.807) is 30.3 Å². The lowest BCUT2D eigenvalue weighted by atomic mass is 10.1. The summed E-state index contributed by atoms with van der Waals surface area (Å²) in [5.74, 6) is -1.39. The molecule has 172 valence electrons. The van der Waals surface area contributed by atoms with E-state index < -0.39 is 16.8 Å². The SMILES string of the molecule is CC(=O)Nc1ccc(C(=O)N/N=C/c2cc([N+](=O)[O-])ccc2OC(=O)c2cccc(C)c2)cc1. The summed E-state index contributed by atoms with van der Waals surface area (Å²) in [6.07, 6.45) is 1.15. The van der Waals surface area contributed by atoms with Crippen molar-refractivity contribution in [2.45, 2.75) is 13.8 Å². The third-order valence-corrected chi connectivity index (χ3v) is 4.50. The number of nitro benzene ring substituents is 1. The van der Waals surface area contributed by atoms with E-state index in [1.807, 2.05) is 13.0 Å². The highest BCUT2D eigenvalue weighted by Gasteiger charge is 2.15. The zero-order valence-electron chi connectivity index (χ0n) is 18.3. The minimum atomic E-state index is -0.643. The molecule has 0 saturated carbocycles. The van der Waals surface area contributed by atoms with Gasteiger partial charge in [0.1, 0.15) is 5.75 Å². The molecule has 0 spiro atoms. The number of carbonyl (C=O) groups excluding carboxylic acids is 3. The first-order valence-corrected chi connectivity index (χ1v) is 10.0. The van der Waals surface area contributed by atoms with Crippen LogP contribution in [0.5, 0.6) is 5.75 Å². The van der Waals surface area contributed by atoms with Crippen molar-refractivity contribution in [1.29, 1.82) is 0 Å². The number of rotatable bonds is 7. The number of hydrogen-bond donors (Lipinski definition) is 2.